The van der Waals surface area contributed by atoms with Crippen molar-refractivity contribution >= 4 is 38.5 Å². The maximum Gasteiger partial charge on any atom is 0.243 e. The Hall–Kier alpha value is -2.55. The molecular weight excluding hydrogens is 476 g/mol. The third-order valence-corrected chi connectivity index (χ3v) is 8.34. The lowest BCUT2D eigenvalue weighted by atomic mass is 9.86. The van der Waals surface area contributed by atoms with Gasteiger partial charge in [0.1, 0.15) is 11.3 Å². The van der Waals surface area contributed by atoms with E-state index in [0.29, 0.717) is 36.7 Å². The molecule has 4 rings (SSSR count). The molecule has 1 aliphatic heterocycles. The highest BCUT2D eigenvalue weighted by Crippen LogP contribution is 2.28. The first-order valence-electron chi connectivity index (χ1n) is 11.3. The Labute approximate surface area is 205 Å². The summed E-state index contributed by atoms with van der Waals surface area (Å²) in [7, 11) is -3.63. The van der Waals surface area contributed by atoms with Crippen molar-refractivity contribution in [3.8, 4) is 5.75 Å². The monoisotopic (exact) mass is 504 g/mol. The molecule has 1 fully saturated rings. The van der Waals surface area contributed by atoms with Gasteiger partial charge in [-0.3, -0.25) is 4.79 Å². The van der Waals surface area contributed by atoms with Crippen LogP contribution in [0.4, 0.5) is 0 Å². The van der Waals surface area contributed by atoms with E-state index in [1.54, 1.807) is 41.3 Å². The Balaban J connectivity index is 1.29. The lowest BCUT2D eigenvalue weighted by Gasteiger charge is -2.38. The fraction of sp³-hybridized carbons (Fsp3) is 0.400. The van der Waals surface area contributed by atoms with Crippen molar-refractivity contribution in [2.75, 3.05) is 32.8 Å². The second-order valence-electron chi connectivity index (χ2n) is 9.11. The fourth-order valence-corrected chi connectivity index (χ4v) is 5.74. The quantitative estimate of drug-likeness (QED) is 0.411. The zero-order valence-corrected chi connectivity index (χ0v) is 20.9. The zero-order chi connectivity index (χ0) is 24.3. The first-order chi connectivity index (χ1) is 16.2. The van der Waals surface area contributed by atoms with Crippen LogP contribution in [0.3, 0.4) is 0 Å². The minimum absolute atomic E-state index is 0.0378. The molecule has 1 saturated heterocycles. The van der Waals surface area contributed by atoms with Gasteiger partial charge in [-0.1, -0.05) is 25.4 Å². The number of nitrogens with zero attached hydrogens (tertiary/aromatic N) is 2. The molecular formula is C25H29ClN2O5S. The van der Waals surface area contributed by atoms with Crippen molar-refractivity contribution in [1.29, 1.82) is 0 Å². The molecule has 0 radical (unpaired) electrons. The molecule has 7 nitrogen and oxygen atoms in total. The van der Waals surface area contributed by atoms with Gasteiger partial charge in [-0.25, -0.2) is 8.42 Å². The zero-order valence-electron chi connectivity index (χ0n) is 19.4. The summed E-state index contributed by atoms with van der Waals surface area (Å²) in [5, 5.41) is 1.41. The topological polar surface area (TPSA) is 80.1 Å². The van der Waals surface area contributed by atoms with E-state index in [4.69, 9.17) is 20.8 Å². The molecule has 0 unspecified atom stereocenters. The average molecular weight is 505 g/mol. The Bertz CT molecular complexity index is 1250. The van der Waals surface area contributed by atoms with Gasteiger partial charge in [-0.15, -0.1) is 0 Å². The third kappa shape index (κ3) is 5.40. The van der Waals surface area contributed by atoms with Gasteiger partial charge < -0.3 is 14.1 Å². The van der Waals surface area contributed by atoms with Crippen LogP contribution in [0, 0.1) is 5.41 Å². The Kier molecular flexibility index (Phi) is 7.21. The van der Waals surface area contributed by atoms with Crippen LogP contribution in [0.1, 0.15) is 26.7 Å². The summed E-state index contributed by atoms with van der Waals surface area (Å²) >= 11 is 5.89. The molecule has 0 aliphatic carbocycles. The van der Waals surface area contributed by atoms with Gasteiger partial charge in [0.15, 0.2) is 0 Å². The van der Waals surface area contributed by atoms with E-state index < -0.39 is 15.4 Å². The van der Waals surface area contributed by atoms with Gasteiger partial charge in [0.05, 0.1) is 17.8 Å². The minimum atomic E-state index is -3.63. The number of hydrogen-bond donors (Lipinski definition) is 0. The lowest BCUT2D eigenvalue weighted by Crippen LogP contribution is -2.53. The summed E-state index contributed by atoms with van der Waals surface area (Å²) in [6.45, 7) is 5.65. The SMILES string of the molecule is CC(C)(CCCOc1ccc(Cl)cc1)C(=O)N1CCN(S(=O)(=O)c2ccc3occc3c2)CC1. The number of rotatable bonds is 8. The van der Waals surface area contributed by atoms with E-state index in [1.165, 1.54) is 10.6 Å². The molecule has 2 heterocycles. The number of carbonyl (C=O) groups is 1. The summed E-state index contributed by atoms with van der Waals surface area (Å²) in [6, 6.07) is 13.8. The second-order valence-corrected chi connectivity index (χ2v) is 11.5. The van der Waals surface area contributed by atoms with Crippen molar-refractivity contribution in [2.45, 2.75) is 31.6 Å². The number of hydrogen-bond acceptors (Lipinski definition) is 5. The standard InChI is InChI=1S/C25H29ClN2O5S/c1-25(2,11-3-16-32-21-6-4-20(26)5-7-21)24(29)27-12-14-28(15-13-27)34(30,31)22-8-9-23-19(18-22)10-17-33-23/h4-10,17-18H,3,11-16H2,1-2H3. The van der Waals surface area contributed by atoms with E-state index in [1.807, 2.05) is 26.0 Å². The van der Waals surface area contributed by atoms with E-state index >= 15 is 0 Å². The molecule has 2 aromatic carbocycles. The number of amides is 1. The number of furan rings is 1. The number of sulfonamides is 1. The fourth-order valence-electron chi connectivity index (χ4n) is 4.16. The molecule has 1 aliphatic rings. The number of piperazine rings is 1. The van der Waals surface area contributed by atoms with Crippen LogP contribution in [-0.2, 0) is 14.8 Å². The van der Waals surface area contributed by atoms with Crippen molar-refractivity contribution < 1.29 is 22.4 Å². The van der Waals surface area contributed by atoms with Crippen LogP contribution in [0.5, 0.6) is 5.75 Å². The highest BCUT2D eigenvalue weighted by Gasteiger charge is 2.36. The maximum atomic E-state index is 13.2. The first-order valence-corrected chi connectivity index (χ1v) is 13.1. The summed E-state index contributed by atoms with van der Waals surface area (Å²) in [5.74, 6) is 0.786. The second kappa shape index (κ2) is 9.98. The molecule has 0 bridgehead atoms. The highest BCUT2D eigenvalue weighted by atomic mass is 35.5. The molecule has 0 N–H and O–H groups in total. The largest absolute Gasteiger partial charge is 0.494 e. The van der Waals surface area contributed by atoms with Gasteiger partial charge in [0.25, 0.3) is 0 Å². The molecule has 0 atom stereocenters. The molecule has 34 heavy (non-hydrogen) atoms. The predicted molar refractivity (Wildman–Crippen MR) is 132 cm³/mol. The number of carbonyl (C=O) groups excluding carboxylic acids is 1. The van der Waals surface area contributed by atoms with Crippen molar-refractivity contribution in [1.82, 2.24) is 9.21 Å². The summed E-state index contributed by atoms with van der Waals surface area (Å²) in [4.78, 5) is 15.2. The Morgan fingerprint density at radius 1 is 1.06 bits per heavy atom. The van der Waals surface area contributed by atoms with E-state index in [-0.39, 0.29) is 23.9 Å². The third-order valence-electron chi connectivity index (χ3n) is 6.19. The summed E-state index contributed by atoms with van der Waals surface area (Å²) < 4.78 is 38.7. The van der Waals surface area contributed by atoms with E-state index in [2.05, 4.69) is 0 Å². The van der Waals surface area contributed by atoms with E-state index in [9.17, 15) is 13.2 Å². The lowest BCUT2D eigenvalue weighted by molar-refractivity contribution is -0.142. The van der Waals surface area contributed by atoms with Gasteiger partial charge in [0, 0.05) is 42.0 Å². The van der Waals surface area contributed by atoms with Crippen LogP contribution in [0.15, 0.2) is 64.1 Å². The van der Waals surface area contributed by atoms with Gasteiger partial charge >= 0.3 is 0 Å². The molecule has 0 saturated carbocycles. The molecule has 9 heteroatoms. The molecule has 182 valence electrons. The number of halogens is 1. The molecule has 1 amide bonds. The predicted octanol–water partition coefficient (Wildman–Crippen LogP) is 4.80. The minimum Gasteiger partial charge on any atom is -0.494 e. The van der Waals surface area contributed by atoms with Gasteiger partial charge in [-0.05, 0) is 61.4 Å². The summed E-state index contributed by atoms with van der Waals surface area (Å²) in [5.41, 5.74) is 0.0895. The first kappa shape index (κ1) is 24.6. The number of ether oxygens (including phenoxy) is 1. The van der Waals surface area contributed by atoms with Crippen LogP contribution in [-0.4, -0.2) is 56.3 Å². The summed E-state index contributed by atoms with van der Waals surface area (Å²) in [6.07, 6.45) is 2.94. The van der Waals surface area contributed by atoms with Crippen molar-refractivity contribution in [3.63, 3.8) is 0 Å². The Morgan fingerprint density at radius 3 is 2.47 bits per heavy atom. The normalized spacial score (nSPS) is 15.6. The molecule has 0 spiro atoms. The molecule has 1 aromatic heterocycles. The van der Waals surface area contributed by atoms with E-state index in [0.717, 1.165) is 17.6 Å². The van der Waals surface area contributed by atoms with Crippen LogP contribution < -0.4 is 4.74 Å². The van der Waals surface area contributed by atoms with Crippen molar-refractivity contribution in [2.24, 2.45) is 5.41 Å². The van der Waals surface area contributed by atoms with Crippen LogP contribution >= 0.6 is 11.6 Å². The Morgan fingerprint density at radius 2 is 1.76 bits per heavy atom. The van der Waals surface area contributed by atoms with Gasteiger partial charge in [-0.2, -0.15) is 4.31 Å². The number of fused-ring (bicyclic) bond motifs is 1. The molecule has 3 aromatic rings. The maximum absolute atomic E-state index is 13.2. The smallest absolute Gasteiger partial charge is 0.243 e. The van der Waals surface area contributed by atoms with Crippen LogP contribution in [0.25, 0.3) is 11.0 Å². The number of benzene rings is 2. The van der Waals surface area contributed by atoms with Crippen LogP contribution in [0.2, 0.25) is 5.02 Å². The average Bonchev–Trinajstić information content (AvgIpc) is 3.30. The highest BCUT2D eigenvalue weighted by molar-refractivity contribution is 7.89. The van der Waals surface area contributed by atoms with Crippen molar-refractivity contribution in [3.05, 3.63) is 59.8 Å². The van der Waals surface area contributed by atoms with Gasteiger partial charge in [0.2, 0.25) is 15.9 Å².